The SMILES string of the molecule is C.CC(=O)OCCCON. The molecule has 0 aliphatic rings. The van der Waals surface area contributed by atoms with Crippen molar-refractivity contribution in [3.63, 3.8) is 0 Å². The monoisotopic (exact) mass is 149 g/mol. The van der Waals surface area contributed by atoms with Gasteiger partial charge < -0.3 is 9.57 Å². The number of nitrogens with two attached hydrogens (primary N) is 1. The average Bonchev–Trinajstić information content (AvgIpc) is 1.80. The molecule has 0 spiro atoms. The molecule has 0 aliphatic heterocycles. The topological polar surface area (TPSA) is 61.5 Å². The fraction of sp³-hybridized carbons (Fsp3) is 0.833. The third-order valence-corrected chi connectivity index (χ3v) is 0.712. The van der Waals surface area contributed by atoms with Gasteiger partial charge in [-0.25, -0.2) is 5.90 Å². The molecular formula is C6H15NO3. The van der Waals surface area contributed by atoms with Crippen LogP contribution in [-0.2, 0) is 14.4 Å². The summed E-state index contributed by atoms with van der Waals surface area (Å²) in [5.41, 5.74) is 0. The van der Waals surface area contributed by atoms with Crippen molar-refractivity contribution in [3.05, 3.63) is 0 Å². The molecule has 2 N–H and O–H groups in total. The molecule has 0 bridgehead atoms. The van der Waals surface area contributed by atoms with Crippen molar-refractivity contribution < 1.29 is 14.4 Å². The van der Waals surface area contributed by atoms with Crippen LogP contribution in [-0.4, -0.2) is 19.2 Å². The molecule has 0 aromatic carbocycles. The van der Waals surface area contributed by atoms with E-state index in [1.165, 1.54) is 6.92 Å². The normalized spacial score (nSPS) is 8.20. The predicted octanol–water partition coefficient (Wildman–Crippen LogP) is 0.466. The van der Waals surface area contributed by atoms with Crippen LogP contribution in [0.3, 0.4) is 0 Å². The van der Waals surface area contributed by atoms with Crippen molar-refractivity contribution in [1.29, 1.82) is 0 Å². The maximum atomic E-state index is 10.1. The van der Waals surface area contributed by atoms with Gasteiger partial charge in [-0.3, -0.25) is 4.79 Å². The van der Waals surface area contributed by atoms with Gasteiger partial charge in [0, 0.05) is 13.3 Å². The highest BCUT2D eigenvalue weighted by Gasteiger charge is 1.90. The molecule has 0 aliphatic carbocycles. The van der Waals surface area contributed by atoms with Crippen LogP contribution in [0.2, 0.25) is 0 Å². The smallest absolute Gasteiger partial charge is 0.302 e. The Hall–Kier alpha value is -0.610. The summed E-state index contributed by atoms with van der Waals surface area (Å²) in [5.74, 6) is 4.43. The highest BCUT2D eigenvalue weighted by molar-refractivity contribution is 5.65. The van der Waals surface area contributed by atoms with Crippen molar-refractivity contribution in [2.45, 2.75) is 20.8 Å². The fourth-order valence-corrected chi connectivity index (χ4v) is 0.358. The molecular weight excluding hydrogens is 134 g/mol. The number of ether oxygens (including phenoxy) is 1. The predicted molar refractivity (Wildman–Crippen MR) is 38.1 cm³/mol. The first-order chi connectivity index (χ1) is 4.27. The molecule has 0 saturated heterocycles. The van der Waals surface area contributed by atoms with Crippen LogP contribution in [0.1, 0.15) is 20.8 Å². The second-order valence-corrected chi connectivity index (χ2v) is 1.56. The van der Waals surface area contributed by atoms with E-state index in [-0.39, 0.29) is 13.4 Å². The third kappa shape index (κ3) is 10.4. The Labute approximate surface area is 61.3 Å². The number of esters is 1. The summed E-state index contributed by atoms with van der Waals surface area (Å²) < 4.78 is 4.57. The van der Waals surface area contributed by atoms with E-state index in [2.05, 4.69) is 9.57 Å². The quantitative estimate of drug-likeness (QED) is 0.358. The Morgan fingerprint density at radius 1 is 1.50 bits per heavy atom. The Kier molecular flexibility index (Phi) is 10.2. The van der Waals surface area contributed by atoms with E-state index in [1.54, 1.807) is 0 Å². The molecule has 0 heterocycles. The lowest BCUT2D eigenvalue weighted by atomic mass is 10.5. The summed E-state index contributed by atoms with van der Waals surface area (Å²) in [6.45, 7) is 2.17. The Balaban J connectivity index is 0. The van der Waals surface area contributed by atoms with Crippen molar-refractivity contribution in [2.24, 2.45) is 5.90 Å². The van der Waals surface area contributed by atoms with Gasteiger partial charge in [-0.1, -0.05) is 7.43 Å². The summed E-state index contributed by atoms with van der Waals surface area (Å²) in [6, 6.07) is 0. The minimum Gasteiger partial charge on any atom is -0.466 e. The number of hydrogen-bond acceptors (Lipinski definition) is 4. The lowest BCUT2D eigenvalue weighted by molar-refractivity contribution is -0.141. The summed E-state index contributed by atoms with van der Waals surface area (Å²) in [7, 11) is 0. The van der Waals surface area contributed by atoms with Gasteiger partial charge in [-0.05, 0) is 0 Å². The number of rotatable bonds is 4. The number of hydrogen-bond donors (Lipinski definition) is 1. The maximum Gasteiger partial charge on any atom is 0.302 e. The zero-order valence-electron chi connectivity index (χ0n) is 5.42. The molecule has 10 heavy (non-hydrogen) atoms. The Bertz CT molecular complexity index is 85.1. The van der Waals surface area contributed by atoms with E-state index < -0.39 is 0 Å². The summed E-state index contributed by atoms with van der Waals surface area (Å²) >= 11 is 0. The van der Waals surface area contributed by atoms with Gasteiger partial charge in [-0.2, -0.15) is 0 Å². The largest absolute Gasteiger partial charge is 0.466 e. The molecule has 62 valence electrons. The van der Waals surface area contributed by atoms with Crippen LogP contribution in [0.4, 0.5) is 0 Å². The molecule has 0 atom stereocenters. The second kappa shape index (κ2) is 8.39. The number of carbonyl (C=O) groups excluding carboxylic acids is 1. The van der Waals surface area contributed by atoms with E-state index >= 15 is 0 Å². The zero-order valence-corrected chi connectivity index (χ0v) is 5.42. The highest BCUT2D eigenvalue weighted by Crippen LogP contribution is 1.81. The highest BCUT2D eigenvalue weighted by atomic mass is 16.6. The van der Waals surface area contributed by atoms with Gasteiger partial charge in [0.05, 0.1) is 13.2 Å². The van der Waals surface area contributed by atoms with E-state index in [9.17, 15) is 4.79 Å². The third-order valence-electron chi connectivity index (χ3n) is 0.712. The molecule has 0 saturated carbocycles. The first kappa shape index (κ1) is 12.1. The van der Waals surface area contributed by atoms with Crippen LogP contribution in [0.15, 0.2) is 0 Å². The molecule has 0 radical (unpaired) electrons. The van der Waals surface area contributed by atoms with Gasteiger partial charge in [0.2, 0.25) is 0 Å². The van der Waals surface area contributed by atoms with E-state index in [0.717, 1.165) is 0 Å². The zero-order chi connectivity index (χ0) is 7.11. The van der Waals surface area contributed by atoms with Crippen LogP contribution in [0.25, 0.3) is 0 Å². The summed E-state index contributed by atoms with van der Waals surface area (Å²) in [4.78, 5) is 14.3. The molecule has 0 rings (SSSR count). The van der Waals surface area contributed by atoms with Crippen LogP contribution in [0.5, 0.6) is 0 Å². The van der Waals surface area contributed by atoms with Crippen molar-refractivity contribution in [3.8, 4) is 0 Å². The summed E-state index contributed by atoms with van der Waals surface area (Å²) in [6.07, 6.45) is 0.649. The molecule has 0 fully saturated rings. The molecule has 4 nitrogen and oxygen atoms in total. The van der Waals surface area contributed by atoms with Crippen molar-refractivity contribution in [2.75, 3.05) is 13.2 Å². The first-order valence-corrected chi connectivity index (χ1v) is 2.72. The minimum atomic E-state index is -0.271. The van der Waals surface area contributed by atoms with Gasteiger partial charge in [0.25, 0.3) is 0 Å². The van der Waals surface area contributed by atoms with E-state index in [1.807, 2.05) is 0 Å². The molecule has 0 amide bonds. The van der Waals surface area contributed by atoms with Crippen LogP contribution in [0, 0.1) is 0 Å². The number of carbonyl (C=O) groups is 1. The second-order valence-electron chi connectivity index (χ2n) is 1.56. The first-order valence-electron chi connectivity index (χ1n) is 2.72. The Morgan fingerprint density at radius 3 is 2.50 bits per heavy atom. The maximum absolute atomic E-state index is 10.1. The molecule has 0 aromatic rings. The molecule has 4 heteroatoms. The Morgan fingerprint density at radius 2 is 2.10 bits per heavy atom. The van der Waals surface area contributed by atoms with Gasteiger partial charge in [-0.15, -0.1) is 0 Å². The van der Waals surface area contributed by atoms with Gasteiger partial charge >= 0.3 is 5.97 Å². The van der Waals surface area contributed by atoms with Crippen molar-refractivity contribution >= 4 is 5.97 Å². The molecule has 0 unspecified atom stereocenters. The van der Waals surface area contributed by atoms with E-state index in [0.29, 0.717) is 19.6 Å². The fourth-order valence-electron chi connectivity index (χ4n) is 0.358. The lowest BCUT2D eigenvalue weighted by Crippen LogP contribution is -2.06. The van der Waals surface area contributed by atoms with Crippen LogP contribution < -0.4 is 5.90 Å². The lowest BCUT2D eigenvalue weighted by Gasteiger charge is -1.98. The minimum absolute atomic E-state index is 0. The summed E-state index contributed by atoms with van der Waals surface area (Å²) in [5, 5.41) is 0. The van der Waals surface area contributed by atoms with Crippen molar-refractivity contribution in [1.82, 2.24) is 0 Å². The average molecular weight is 149 g/mol. The van der Waals surface area contributed by atoms with Gasteiger partial charge in [0.1, 0.15) is 0 Å². The standard InChI is InChI=1S/C5H11NO3.CH4/c1-5(7)8-3-2-4-9-6;/h2-4,6H2,1H3;1H4. The molecule has 0 aromatic heterocycles. The van der Waals surface area contributed by atoms with Crippen LogP contribution >= 0.6 is 0 Å². The van der Waals surface area contributed by atoms with E-state index in [4.69, 9.17) is 5.90 Å². The van der Waals surface area contributed by atoms with Gasteiger partial charge in [0.15, 0.2) is 0 Å².